The molecule has 0 spiro atoms. The average molecular weight is 417 g/mol. The fourth-order valence-electron chi connectivity index (χ4n) is 4.21. The van der Waals surface area contributed by atoms with Gasteiger partial charge in [0, 0.05) is 17.5 Å². The number of aryl methyl sites for hydroxylation is 1. The third kappa shape index (κ3) is 4.07. The van der Waals surface area contributed by atoms with Gasteiger partial charge < -0.3 is 9.29 Å². The summed E-state index contributed by atoms with van der Waals surface area (Å²) < 4.78 is 39.6. The molecule has 0 fully saturated rings. The fraction of sp³-hybridized carbons (Fsp3) is 0.455. The summed E-state index contributed by atoms with van der Waals surface area (Å²) in [5.74, 6) is -0.201. The Morgan fingerprint density at radius 3 is 2.52 bits per heavy atom. The third-order valence-electron chi connectivity index (χ3n) is 6.01. The topological polar surface area (TPSA) is 95.9 Å². The number of nitrogens with zero attached hydrogens (tertiary/aromatic N) is 1. The van der Waals surface area contributed by atoms with Crippen molar-refractivity contribution >= 4 is 38.3 Å². The maximum atomic E-state index is 11.7. The molecule has 1 heterocycles. The highest BCUT2D eigenvalue weighted by atomic mass is 32.2. The van der Waals surface area contributed by atoms with Gasteiger partial charge in [-0.25, -0.2) is 8.42 Å². The van der Waals surface area contributed by atoms with E-state index in [0.29, 0.717) is 6.42 Å². The number of methoxy groups -OCH3 is 1. The molecule has 3 rings (SSSR count). The molecule has 0 amide bonds. The van der Waals surface area contributed by atoms with E-state index in [1.807, 2.05) is 26.0 Å². The van der Waals surface area contributed by atoms with E-state index in [0.717, 1.165) is 59.0 Å². The zero-order valence-electron chi connectivity index (χ0n) is 17.2. The molecule has 2 aromatic rings. The van der Waals surface area contributed by atoms with Gasteiger partial charge in [-0.15, -0.1) is 0 Å². The second-order valence-electron chi connectivity index (χ2n) is 7.92. The molecule has 2 aromatic carbocycles. The van der Waals surface area contributed by atoms with Crippen molar-refractivity contribution in [3.8, 4) is 0 Å². The van der Waals surface area contributed by atoms with Crippen LogP contribution in [-0.4, -0.2) is 31.8 Å². The molecule has 156 valence electrons. The molecule has 1 unspecified atom stereocenters. The van der Waals surface area contributed by atoms with Gasteiger partial charge >= 0.3 is 5.97 Å². The highest BCUT2D eigenvalue weighted by Crippen LogP contribution is 2.47. The van der Waals surface area contributed by atoms with Gasteiger partial charge in [0.2, 0.25) is 0 Å². The number of fused-ring (bicyclic) bond motifs is 3. The van der Waals surface area contributed by atoms with Gasteiger partial charge in [0.25, 0.3) is 0 Å². The monoisotopic (exact) mass is 416 g/mol. The van der Waals surface area contributed by atoms with Crippen molar-refractivity contribution in [1.82, 2.24) is 0 Å². The summed E-state index contributed by atoms with van der Waals surface area (Å²) in [6.45, 7) is 5.92. The molecule has 29 heavy (non-hydrogen) atoms. The number of ether oxygens (including phenoxy) is 1. The predicted molar refractivity (Wildman–Crippen MR) is 112 cm³/mol. The van der Waals surface area contributed by atoms with Gasteiger partial charge in [-0.3, -0.25) is 9.79 Å². The number of esters is 1. The molecule has 0 saturated carbocycles. The van der Waals surface area contributed by atoms with Crippen LogP contribution in [0.25, 0.3) is 10.8 Å². The van der Waals surface area contributed by atoms with Crippen LogP contribution in [0, 0.1) is 6.92 Å². The minimum absolute atomic E-state index is 0.201. The van der Waals surface area contributed by atoms with Crippen molar-refractivity contribution in [3.05, 3.63) is 35.4 Å². The van der Waals surface area contributed by atoms with E-state index in [2.05, 4.69) is 11.7 Å². The zero-order chi connectivity index (χ0) is 21.4. The number of aliphatic imine (C=N–C) groups is 1. The second-order valence-corrected chi connectivity index (χ2v) is 9.29. The van der Waals surface area contributed by atoms with Crippen molar-refractivity contribution in [2.75, 3.05) is 7.11 Å². The lowest BCUT2D eigenvalue weighted by molar-refractivity contribution is -0.140. The Morgan fingerprint density at radius 2 is 1.86 bits per heavy atom. The second kappa shape index (κ2) is 7.88. The smallest absolute Gasteiger partial charge is 0.305 e. The standard InChI is InChI=1S/C22H27NO5S/c1-14-12-16(29(25,26)27)13-18-17(14)9-10-19-21(18)22(3,15(2)23-19)11-7-5-6-8-20(24)28-4/h9-10,12-13H,5-8,11H2,1-4H3,(H,25,26,27)/p-1. The third-order valence-corrected chi connectivity index (χ3v) is 6.82. The summed E-state index contributed by atoms with van der Waals surface area (Å²) in [6, 6.07) is 6.82. The van der Waals surface area contributed by atoms with Crippen molar-refractivity contribution in [3.63, 3.8) is 0 Å². The van der Waals surface area contributed by atoms with Crippen LogP contribution in [0.4, 0.5) is 5.69 Å². The van der Waals surface area contributed by atoms with Gasteiger partial charge in [-0.1, -0.05) is 25.8 Å². The summed E-state index contributed by atoms with van der Waals surface area (Å²) in [5.41, 5.74) is 3.18. The summed E-state index contributed by atoms with van der Waals surface area (Å²) in [7, 11) is -3.16. The number of carbonyl (C=O) groups excluding carboxylic acids is 1. The first-order chi connectivity index (χ1) is 13.6. The van der Waals surface area contributed by atoms with Crippen LogP contribution >= 0.6 is 0 Å². The van der Waals surface area contributed by atoms with Crippen LogP contribution < -0.4 is 0 Å². The van der Waals surface area contributed by atoms with Crippen LogP contribution in [0.15, 0.2) is 34.2 Å². The Morgan fingerprint density at radius 1 is 1.14 bits per heavy atom. The SMILES string of the molecule is COC(=O)CCCCCC1(C)C(C)=Nc2ccc3c(C)cc(S(=O)(=O)[O-])cc3c21. The fourth-order valence-corrected chi connectivity index (χ4v) is 4.80. The Bertz CT molecular complexity index is 1100. The molecule has 0 radical (unpaired) electrons. The van der Waals surface area contributed by atoms with E-state index in [-0.39, 0.29) is 16.3 Å². The van der Waals surface area contributed by atoms with Crippen molar-refractivity contribution < 1.29 is 22.5 Å². The van der Waals surface area contributed by atoms with Gasteiger partial charge in [0.1, 0.15) is 10.1 Å². The lowest BCUT2D eigenvalue weighted by Gasteiger charge is -2.28. The molecule has 1 atom stereocenters. The first-order valence-electron chi connectivity index (χ1n) is 9.74. The Kier molecular flexibility index (Phi) is 5.83. The van der Waals surface area contributed by atoms with Gasteiger partial charge in [-0.2, -0.15) is 0 Å². The number of hydrogen-bond donors (Lipinski definition) is 0. The Labute approximate surface area is 171 Å². The molecular weight excluding hydrogens is 390 g/mol. The van der Waals surface area contributed by atoms with Crippen LogP contribution in [-0.2, 0) is 25.1 Å². The lowest BCUT2D eigenvalue weighted by Crippen LogP contribution is -2.27. The van der Waals surface area contributed by atoms with E-state index in [4.69, 9.17) is 4.99 Å². The normalized spacial score (nSPS) is 18.6. The quantitative estimate of drug-likeness (QED) is 0.375. The summed E-state index contributed by atoms with van der Waals surface area (Å²) in [6.07, 6.45) is 3.78. The number of unbranched alkanes of at least 4 members (excludes halogenated alkanes) is 2. The predicted octanol–water partition coefficient (Wildman–Crippen LogP) is 4.54. The van der Waals surface area contributed by atoms with Crippen LogP contribution in [0.5, 0.6) is 0 Å². The van der Waals surface area contributed by atoms with E-state index < -0.39 is 10.1 Å². The number of rotatable bonds is 7. The molecule has 0 saturated heterocycles. The zero-order valence-corrected chi connectivity index (χ0v) is 18.1. The number of hydrogen-bond acceptors (Lipinski definition) is 6. The molecule has 0 aromatic heterocycles. The minimum atomic E-state index is -4.55. The summed E-state index contributed by atoms with van der Waals surface area (Å²) in [5, 5.41) is 1.70. The number of benzene rings is 2. The van der Waals surface area contributed by atoms with Crippen molar-refractivity contribution in [1.29, 1.82) is 0 Å². The van der Waals surface area contributed by atoms with E-state index >= 15 is 0 Å². The summed E-state index contributed by atoms with van der Waals surface area (Å²) >= 11 is 0. The van der Waals surface area contributed by atoms with Crippen molar-refractivity contribution in [2.24, 2.45) is 4.99 Å². The maximum Gasteiger partial charge on any atom is 0.305 e. The Hall–Kier alpha value is -2.25. The highest BCUT2D eigenvalue weighted by Gasteiger charge is 2.38. The molecular formula is C22H26NO5S-. The molecule has 1 aliphatic rings. The largest absolute Gasteiger partial charge is 0.744 e. The van der Waals surface area contributed by atoms with Gasteiger partial charge in [-0.05, 0) is 66.8 Å². The summed E-state index contributed by atoms with van der Waals surface area (Å²) in [4.78, 5) is 15.8. The lowest BCUT2D eigenvalue weighted by atomic mass is 9.74. The molecule has 6 nitrogen and oxygen atoms in total. The average Bonchev–Trinajstić information content (AvgIpc) is 2.91. The van der Waals surface area contributed by atoms with E-state index in [9.17, 15) is 17.8 Å². The maximum absolute atomic E-state index is 11.7. The van der Waals surface area contributed by atoms with E-state index in [1.165, 1.54) is 19.2 Å². The molecule has 0 bridgehead atoms. The molecule has 1 aliphatic heterocycles. The molecule has 0 aliphatic carbocycles. The molecule has 0 N–H and O–H groups in total. The minimum Gasteiger partial charge on any atom is -0.744 e. The van der Waals surface area contributed by atoms with Gasteiger partial charge in [0.05, 0.1) is 17.7 Å². The highest BCUT2D eigenvalue weighted by molar-refractivity contribution is 7.85. The van der Waals surface area contributed by atoms with Crippen LogP contribution in [0.1, 0.15) is 57.1 Å². The van der Waals surface area contributed by atoms with Crippen molar-refractivity contribution in [2.45, 2.75) is 63.2 Å². The Balaban J connectivity index is 1.98. The first-order valence-corrected chi connectivity index (χ1v) is 11.1. The van der Waals surface area contributed by atoms with Crippen LogP contribution in [0.3, 0.4) is 0 Å². The number of carbonyl (C=O) groups is 1. The van der Waals surface area contributed by atoms with Crippen LogP contribution in [0.2, 0.25) is 0 Å². The van der Waals surface area contributed by atoms with Gasteiger partial charge in [0.15, 0.2) is 0 Å². The van der Waals surface area contributed by atoms with E-state index in [1.54, 1.807) is 0 Å². The first kappa shape index (κ1) is 21.5. The molecule has 7 heteroatoms.